The van der Waals surface area contributed by atoms with Crippen LogP contribution in [-0.2, 0) is 6.54 Å². The largest absolute Gasteiger partial charge is 0.537 e. The van der Waals surface area contributed by atoms with E-state index < -0.39 is 5.97 Å². The zero-order valence-corrected chi connectivity index (χ0v) is 7.69. The summed E-state index contributed by atoms with van der Waals surface area (Å²) >= 11 is 0. The van der Waals surface area contributed by atoms with Crippen molar-refractivity contribution in [3.63, 3.8) is 0 Å². The van der Waals surface area contributed by atoms with Gasteiger partial charge in [-0.05, 0) is 13.0 Å². The van der Waals surface area contributed by atoms with E-state index in [2.05, 4.69) is 0 Å². The zero-order chi connectivity index (χ0) is 10.1. The maximum absolute atomic E-state index is 10.7. The Morgan fingerprint density at radius 2 is 2.21 bits per heavy atom. The lowest BCUT2D eigenvalue weighted by Gasteiger charge is -1.92. The summed E-state index contributed by atoms with van der Waals surface area (Å²) in [6.45, 7) is 2.40. The molecule has 4 heteroatoms. The third-order valence-electron chi connectivity index (χ3n) is 2.10. The smallest absolute Gasteiger partial charge is 0.397 e. The van der Waals surface area contributed by atoms with Gasteiger partial charge < -0.3 is 14.3 Å². The fourth-order valence-electron chi connectivity index (χ4n) is 1.50. The Morgan fingerprint density at radius 3 is 2.86 bits per heavy atom. The second kappa shape index (κ2) is 3.14. The van der Waals surface area contributed by atoms with Gasteiger partial charge in [0, 0.05) is 6.07 Å². The summed E-state index contributed by atoms with van der Waals surface area (Å²) in [4.78, 5) is 10.7. The van der Waals surface area contributed by atoms with Crippen LogP contribution in [0, 0.1) is 0 Å². The van der Waals surface area contributed by atoms with E-state index in [4.69, 9.17) is 4.42 Å². The standard InChI is InChI=1S/C10H9NO3/c1-2-11-7-5-3-4-6-8(7)14-9(11)10(12)13/h3-6H,2H2,1H3. The Morgan fingerprint density at radius 1 is 1.50 bits per heavy atom. The van der Waals surface area contributed by atoms with E-state index in [1.165, 1.54) is 0 Å². The number of aromatic carboxylic acids is 1. The SMILES string of the molecule is CC[n+]1c(C(=O)[O-])oc2ccccc21. The lowest BCUT2D eigenvalue weighted by atomic mass is 10.3. The summed E-state index contributed by atoms with van der Waals surface area (Å²) in [7, 11) is 0. The van der Waals surface area contributed by atoms with Crippen LogP contribution in [0.1, 0.15) is 17.6 Å². The maximum atomic E-state index is 10.7. The first kappa shape index (κ1) is 8.74. The molecule has 0 saturated carbocycles. The molecule has 1 heterocycles. The number of carboxylic acids is 1. The maximum Gasteiger partial charge on any atom is 0.397 e. The Labute approximate surface area is 80.4 Å². The Balaban J connectivity index is 2.78. The zero-order valence-electron chi connectivity index (χ0n) is 7.69. The van der Waals surface area contributed by atoms with Crippen LogP contribution in [0.15, 0.2) is 28.7 Å². The molecule has 0 saturated heterocycles. The molecule has 0 radical (unpaired) electrons. The van der Waals surface area contributed by atoms with Gasteiger partial charge in [0.1, 0.15) is 6.54 Å². The van der Waals surface area contributed by atoms with E-state index in [0.29, 0.717) is 12.1 Å². The van der Waals surface area contributed by atoms with Crippen LogP contribution in [0.3, 0.4) is 0 Å². The normalized spacial score (nSPS) is 10.6. The first-order valence-electron chi connectivity index (χ1n) is 4.36. The minimum absolute atomic E-state index is 0.131. The summed E-state index contributed by atoms with van der Waals surface area (Å²) in [5, 5.41) is 10.7. The number of aryl methyl sites for hydroxylation is 1. The van der Waals surface area contributed by atoms with Crippen molar-refractivity contribution in [2.45, 2.75) is 13.5 Å². The number of carboxylic acid groups (broad SMARTS) is 1. The molecule has 0 atom stereocenters. The van der Waals surface area contributed by atoms with Crippen molar-refractivity contribution >= 4 is 17.1 Å². The molecular formula is C10H9NO3. The second-order valence-corrected chi connectivity index (χ2v) is 2.91. The highest BCUT2D eigenvalue weighted by Crippen LogP contribution is 2.12. The van der Waals surface area contributed by atoms with Gasteiger partial charge in [-0.25, -0.2) is 0 Å². The van der Waals surface area contributed by atoms with Crippen molar-refractivity contribution in [1.29, 1.82) is 0 Å². The van der Waals surface area contributed by atoms with E-state index in [1.807, 2.05) is 19.1 Å². The summed E-state index contributed by atoms with van der Waals surface area (Å²) in [5.74, 6) is -1.42. The molecule has 0 aliphatic heterocycles. The Bertz CT molecular complexity index is 487. The lowest BCUT2D eigenvalue weighted by Crippen LogP contribution is -2.41. The average molecular weight is 191 g/mol. The minimum atomic E-state index is -1.29. The lowest BCUT2D eigenvalue weighted by molar-refractivity contribution is -0.677. The van der Waals surface area contributed by atoms with Crippen molar-refractivity contribution in [1.82, 2.24) is 0 Å². The Kier molecular flexibility index (Phi) is 1.96. The van der Waals surface area contributed by atoms with Gasteiger partial charge in [-0.2, -0.15) is 4.57 Å². The molecule has 0 aliphatic rings. The first-order chi connectivity index (χ1) is 6.74. The van der Waals surface area contributed by atoms with Gasteiger partial charge in [-0.3, -0.25) is 0 Å². The van der Waals surface area contributed by atoms with Crippen LogP contribution in [0.5, 0.6) is 0 Å². The molecule has 0 spiro atoms. The quantitative estimate of drug-likeness (QED) is 0.633. The molecule has 1 aromatic heterocycles. The number of fused-ring (bicyclic) bond motifs is 1. The number of benzene rings is 1. The van der Waals surface area contributed by atoms with Crippen molar-refractivity contribution in [3.8, 4) is 0 Å². The van der Waals surface area contributed by atoms with Gasteiger partial charge in [0.05, 0.1) is 0 Å². The number of para-hydroxylation sites is 2. The number of oxazole rings is 1. The molecular weight excluding hydrogens is 182 g/mol. The number of rotatable bonds is 2. The summed E-state index contributed by atoms with van der Waals surface area (Å²) in [6.07, 6.45) is 0. The van der Waals surface area contributed by atoms with Crippen LogP contribution < -0.4 is 9.67 Å². The van der Waals surface area contributed by atoms with E-state index in [-0.39, 0.29) is 5.89 Å². The molecule has 14 heavy (non-hydrogen) atoms. The van der Waals surface area contributed by atoms with Crippen LogP contribution >= 0.6 is 0 Å². The number of carbonyl (C=O) groups excluding carboxylic acids is 1. The number of aromatic nitrogens is 1. The molecule has 0 amide bonds. The van der Waals surface area contributed by atoms with E-state index >= 15 is 0 Å². The van der Waals surface area contributed by atoms with Gasteiger partial charge in [0.2, 0.25) is 5.58 Å². The van der Waals surface area contributed by atoms with E-state index in [9.17, 15) is 9.90 Å². The van der Waals surface area contributed by atoms with Gasteiger partial charge in [0.15, 0.2) is 5.97 Å². The van der Waals surface area contributed by atoms with Gasteiger partial charge >= 0.3 is 5.89 Å². The van der Waals surface area contributed by atoms with E-state index in [0.717, 1.165) is 5.52 Å². The van der Waals surface area contributed by atoms with Crippen molar-refractivity contribution in [2.75, 3.05) is 0 Å². The second-order valence-electron chi connectivity index (χ2n) is 2.91. The molecule has 0 unspecified atom stereocenters. The summed E-state index contributed by atoms with van der Waals surface area (Å²) in [6, 6.07) is 7.18. The summed E-state index contributed by atoms with van der Waals surface area (Å²) < 4.78 is 6.73. The highest BCUT2D eigenvalue weighted by molar-refractivity contribution is 5.81. The van der Waals surface area contributed by atoms with Crippen LogP contribution in [0.25, 0.3) is 11.1 Å². The fourth-order valence-corrected chi connectivity index (χ4v) is 1.50. The highest BCUT2D eigenvalue weighted by Gasteiger charge is 2.21. The first-order valence-corrected chi connectivity index (χ1v) is 4.36. The van der Waals surface area contributed by atoms with Gasteiger partial charge in [-0.15, -0.1) is 0 Å². The molecule has 4 nitrogen and oxygen atoms in total. The molecule has 0 aliphatic carbocycles. The molecule has 0 bridgehead atoms. The predicted octanol–water partition coefficient (Wildman–Crippen LogP) is 0.104. The fraction of sp³-hybridized carbons (Fsp3) is 0.200. The summed E-state index contributed by atoms with van der Waals surface area (Å²) in [5.41, 5.74) is 1.34. The topological polar surface area (TPSA) is 57.1 Å². The van der Waals surface area contributed by atoms with Crippen LogP contribution in [-0.4, -0.2) is 5.97 Å². The molecule has 2 aromatic rings. The van der Waals surface area contributed by atoms with Crippen LogP contribution in [0.4, 0.5) is 0 Å². The van der Waals surface area contributed by atoms with Crippen LogP contribution in [0.2, 0.25) is 0 Å². The molecule has 72 valence electrons. The minimum Gasteiger partial charge on any atom is -0.537 e. The molecule has 0 N–H and O–H groups in total. The third-order valence-corrected chi connectivity index (χ3v) is 2.10. The van der Waals surface area contributed by atoms with Gasteiger partial charge in [0.25, 0.3) is 5.52 Å². The van der Waals surface area contributed by atoms with Gasteiger partial charge in [-0.1, -0.05) is 12.1 Å². The molecule has 2 rings (SSSR count). The third kappa shape index (κ3) is 1.16. The van der Waals surface area contributed by atoms with E-state index in [1.54, 1.807) is 16.7 Å². The van der Waals surface area contributed by atoms with Crippen molar-refractivity contribution in [3.05, 3.63) is 30.2 Å². The highest BCUT2D eigenvalue weighted by atomic mass is 16.4. The number of hydrogen-bond acceptors (Lipinski definition) is 3. The van der Waals surface area contributed by atoms with Crippen molar-refractivity contribution < 1.29 is 18.9 Å². The molecule has 0 fully saturated rings. The molecule has 1 aromatic carbocycles. The average Bonchev–Trinajstić information content (AvgIpc) is 2.56. The number of hydrogen-bond donors (Lipinski definition) is 0. The predicted molar refractivity (Wildman–Crippen MR) is 46.4 cm³/mol. The number of nitrogens with zero attached hydrogens (tertiary/aromatic N) is 1. The van der Waals surface area contributed by atoms with Crippen molar-refractivity contribution in [2.24, 2.45) is 0 Å². The monoisotopic (exact) mass is 191 g/mol. The number of carbonyl (C=O) groups is 1. The Hall–Kier alpha value is -1.84.